The third-order valence-electron chi connectivity index (χ3n) is 4.33. The van der Waals surface area contributed by atoms with Gasteiger partial charge >= 0.3 is 0 Å². The Morgan fingerprint density at radius 2 is 1.96 bits per heavy atom. The van der Waals surface area contributed by atoms with Gasteiger partial charge in [-0.05, 0) is 34.0 Å². The van der Waals surface area contributed by atoms with Crippen LogP contribution in [0.25, 0.3) is 0 Å². The van der Waals surface area contributed by atoms with Gasteiger partial charge in [0.15, 0.2) is 0 Å². The monoisotopic (exact) mass is 326 g/mol. The van der Waals surface area contributed by atoms with Crippen LogP contribution in [0.5, 0.6) is 5.75 Å². The number of fused-ring (bicyclic) bond motifs is 1. The molecule has 2 heterocycles. The van der Waals surface area contributed by atoms with Gasteiger partial charge in [0.1, 0.15) is 18.2 Å². The lowest BCUT2D eigenvalue weighted by molar-refractivity contribution is 0.113. The maximum atomic E-state index is 6.10. The molecule has 0 bridgehead atoms. The first-order valence-electron chi connectivity index (χ1n) is 8.40. The van der Waals surface area contributed by atoms with Gasteiger partial charge in [0.2, 0.25) is 0 Å². The summed E-state index contributed by atoms with van der Waals surface area (Å²) in [5, 5.41) is 0. The maximum absolute atomic E-state index is 6.10. The molecule has 5 nitrogen and oxygen atoms in total. The van der Waals surface area contributed by atoms with Gasteiger partial charge in [-0.25, -0.2) is 9.97 Å². The van der Waals surface area contributed by atoms with Crippen LogP contribution in [-0.4, -0.2) is 53.1 Å². The number of nitrogens with zero attached hydrogens (tertiary/aromatic N) is 4. The smallest absolute Gasteiger partial charge is 0.125 e. The third-order valence-corrected chi connectivity index (χ3v) is 4.33. The van der Waals surface area contributed by atoms with Crippen LogP contribution in [0, 0.1) is 13.8 Å². The number of hydrogen-bond donors (Lipinski definition) is 0. The highest BCUT2D eigenvalue weighted by atomic mass is 16.5. The Morgan fingerprint density at radius 3 is 2.67 bits per heavy atom. The fourth-order valence-corrected chi connectivity index (χ4v) is 3.12. The lowest BCUT2D eigenvalue weighted by atomic mass is 10.1. The quantitative estimate of drug-likeness (QED) is 0.863. The minimum absolute atomic E-state index is 0.328. The summed E-state index contributed by atoms with van der Waals surface area (Å²) in [6.45, 7) is 7.40. The van der Waals surface area contributed by atoms with Gasteiger partial charge < -0.3 is 9.64 Å². The fraction of sp³-hybridized carbons (Fsp3) is 0.474. The zero-order valence-electron chi connectivity index (χ0n) is 15.0. The van der Waals surface area contributed by atoms with E-state index in [2.05, 4.69) is 59.0 Å². The molecule has 24 heavy (non-hydrogen) atoms. The van der Waals surface area contributed by atoms with E-state index in [4.69, 9.17) is 4.74 Å². The number of rotatable bonds is 4. The average molecular weight is 326 g/mol. The van der Waals surface area contributed by atoms with Gasteiger partial charge in [-0.2, -0.15) is 0 Å². The van der Waals surface area contributed by atoms with Crippen LogP contribution in [0.1, 0.15) is 22.5 Å². The Labute approximate surface area is 144 Å². The van der Waals surface area contributed by atoms with Crippen LogP contribution in [0.3, 0.4) is 0 Å². The molecule has 0 N–H and O–H groups in total. The first-order valence-corrected chi connectivity index (χ1v) is 8.40. The fourth-order valence-electron chi connectivity index (χ4n) is 3.12. The highest BCUT2D eigenvalue weighted by Crippen LogP contribution is 2.27. The maximum Gasteiger partial charge on any atom is 0.125 e. The molecular weight excluding hydrogens is 300 g/mol. The first-order chi connectivity index (χ1) is 11.5. The minimum Gasteiger partial charge on any atom is -0.492 e. The number of likely N-dealkylation sites (N-methyl/N-ethyl adjacent to an activating group) is 1. The van der Waals surface area contributed by atoms with Gasteiger partial charge in [-0.15, -0.1) is 0 Å². The van der Waals surface area contributed by atoms with E-state index in [0.717, 1.165) is 36.8 Å². The van der Waals surface area contributed by atoms with E-state index in [0.29, 0.717) is 12.6 Å². The predicted octanol–water partition coefficient (Wildman–Crippen LogP) is 2.42. The highest BCUT2D eigenvalue weighted by Gasteiger charge is 2.25. The molecule has 1 aromatic heterocycles. The second-order valence-corrected chi connectivity index (χ2v) is 6.88. The van der Waals surface area contributed by atoms with Gasteiger partial charge in [-0.3, -0.25) is 4.90 Å². The van der Waals surface area contributed by atoms with Crippen molar-refractivity contribution in [2.75, 3.05) is 27.2 Å². The van der Waals surface area contributed by atoms with Crippen LogP contribution in [-0.2, 0) is 13.1 Å². The van der Waals surface area contributed by atoms with Crippen LogP contribution >= 0.6 is 0 Å². The molecule has 0 aliphatic carbocycles. The number of hydrogen-bond acceptors (Lipinski definition) is 5. The first kappa shape index (κ1) is 16.9. The van der Waals surface area contributed by atoms with E-state index >= 15 is 0 Å². The normalized spacial score (nSPS) is 18.1. The van der Waals surface area contributed by atoms with Crippen molar-refractivity contribution in [3.8, 4) is 5.75 Å². The summed E-state index contributed by atoms with van der Waals surface area (Å²) in [5.41, 5.74) is 3.66. The molecule has 0 fully saturated rings. The molecule has 3 rings (SSSR count). The second-order valence-electron chi connectivity index (χ2n) is 6.88. The van der Waals surface area contributed by atoms with E-state index in [-0.39, 0.29) is 0 Å². The molecule has 128 valence electrons. The molecule has 1 unspecified atom stereocenters. The molecular formula is C19H26N4O. The van der Waals surface area contributed by atoms with Gasteiger partial charge in [0, 0.05) is 43.2 Å². The number of ether oxygens (including phenoxy) is 1. The molecule has 0 radical (unpaired) electrons. The number of benzene rings is 1. The summed E-state index contributed by atoms with van der Waals surface area (Å²) < 4.78 is 6.10. The van der Waals surface area contributed by atoms with Gasteiger partial charge in [0.05, 0.1) is 6.04 Å². The Bertz CT molecular complexity index is 684. The third kappa shape index (κ3) is 4.10. The molecule has 5 heteroatoms. The van der Waals surface area contributed by atoms with Crippen molar-refractivity contribution >= 4 is 0 Å². The summed E-state index contributed by atoms with van der Waals surface area (Å²) in [5.74, 6) is 1.82. The average Bonchev–Trinajstić information content (AvgIpc) is 2.69. The zero-order chi connectivity index (χ0) is 17.1. The van der Waals surface area contributed by atoms with Gasteiger partial charge in [0.25, 0.3) is 0 Å². The molecule has 1 atom stereocenters. The summed E-state index contributed by atoms with van der Waals surface area (Å²) >= 11 is 0. The largest absolute Gasteiger partial charge is 0.492 e. The predicted molar refractivity (Wildman–Crippen MR) is 95.0 cm³/mol. The van der Waals surface area contributed by atoms with Crippen LogP contribution in [0.15, 0.2) is 30.6 Å². The van der Waals surface area contributed by atoms with E-state index in [1.54, 1.807) is 0 Å². The van der Waals surface area contributed by atoms with Crippen LogP contribution < -0.4 is 4.74 Å². The number of aromatic nitrogens is 2. The zero-order valence-corrected chi connectivity index (χ0v) is 15.0. The van der Waals surface area contributed by atoms with Crippen molar-refractivity contribution in [1.82, 2.24) is 19.8 Å². The van der Waals surface area contributed by atoms with Crippen LogP contribution in [0.4, 0.5) is 0 Å². The summed E-state index contributed by atoms with van der Waals surface area (Å²) in [6, 6.07) is 6.76. The molecule has 0 saturated carbocycles. The Morgan fingerprint density at radius 1 is 1.21 bits per heavy atom. The molecule has 2 aromatic rings. The topological polar surface area (TPSA) is 41.5 Å². The van der Waals surface area contributed by atoms with E-state index < -0.39 is 0 Å². The molecule has 0 saturated heterocycles. The van der Waals surface area contributed by atoms with Crippen molar-refractivity contribution in [3.63, 3.8) is 0 Å². The Hall–Kier alpha value is -1.98. The van der Waals surface area contributed by atoms with Crippen molar-refractivity contribution in [1.29, 1.82) is 0 Å². The number of aryl methyl sites for hydroxylation is 2. The van der Waals surface area contributed by atoms with Crippen LogP contribution in [0.2, 0.25) is 0 Å². The molecule has 0 spiro atoms. The summed E-state index contributed by atoms with van der Waals surface area (Å²) in [4.78, 5) is 13.4. The minimum atomic E-state index is 0.328. The lowest BCUT2D eigenvalue weighted by Crippen LogP contribution is -2.43. The van der Waals surface area contributed by atoms with Gasteiger partial charge in [-0.1, -0.05) is 17.7 Å². The van der Waals surface area contributed by atoms with Crippen molar-refractivity contribution in [3.05, 3.63) is 53.1 Å². The molecule has 1 aliphatic rings. The molecule has 1 aliphatic heterocycles. The van der Waals surface area contributed by atoms with E-state index in [9.17, 15) is 0 Å². The van der Waals surface area contributed by atoms with Crippen molar-refractivity contribution in [2.45, 2.75) is 33.0 Å². The van der Waals surface area contributed by atoms with E-state index in [1.807, 2.05) is 19.3 Å². The summed E-state index contributed by atoms with van der Waals surface area (Å²) in [7, 11) is 4.21. The standard InChI is InChI=1S/C19H26N4O/c1-14-5-6-19-17(7-14)11-23(18(13-24-19)12-22(3)4)10-16-8-20-15(2)21-9-16/h5-9,18H,10-13H2,1-4H3. The second kappa shape index (κ2) is 7.28. The highest BCUT2D eigenvalue weighted by molar-refractivity contribution is 5.37. The lowest BCUT2D eigenvalue weighted by Gasteiger charge is -2.31. The van der Waals surface area contributed by atoms with Crippen molar-refractivity contribution in [2.24, 2.45) is 0 Å². The SMILES string of the molecule is Cc1ccc2c(c1)CN(Cc1cnc(C)nc1)C(CN(C)C)CO2. The van der Waals surface area contributed by atoms with Crippen molar-refractivity contribution < 1.29 is 4.74 Å². The Kier molecular flexibility index (Phi) is 5.11. The van der Waals surface area contributed by atoms with E-state index in [1.165, 1.54) is 11.1 Å². The molecule has 1 aromatic carbocycles. The molecule has 0 amide bonds. The Balaban J connectivity index is 1.86. The summed E-state index contributed by atoms with van der Waals surface area (Å²) in [6.07, 6.45) is 3.86.